The van der Waals surface area contributed by atoms with Crippen LogP contribution in [0.4, 0.5) is 0 Å². The second-order valence-corrected chi connectivity index (χ2v) is 16.8. The van der Waals surface area contributed by atoms with E-state index in [1.54, 1.807) is 0 Å². The van der Waals surface area contributed by atoms with Crippen LogP contribution < -0.4 is 0 Å². The van der Waals surface area contributed by atoms with Gasteiger partial charge in [0.2, 0.25) is 0 Å². The van der Waals surface area contributed by atoms with Crippen LogP contribution in [-0.4, -0.2) is 134 Å². The molecule has 12 heteroatoms. The van der Waals surface area contributed by atoms with Crippen LogP contribution in [0.2, 0.25) is 0 Å². The molecule has 12 nitrogen and oxygen atoms in total. The van der Waals surface area contributed by atoms with Crippen molar-refractivity contribution >= 4 is 5.97 Å². The molecule has 3 atom stereocenters. The molecule has 0 aromatic heterocycles. The normalized spacial score (nSPS) is 13.1. The fraction of sp³-hybridized carbons (Fsp3) is 0.837. The number of aliphatic hydroxyl groups excluding tert-OH is 3. The smallest absolute Gasteiger partial charge is 0.302 e. The lowest BCUT2D eigenvalue weighted by molar-refractivity contribution is -0.144. The van der Waals surface area contributed by atoms with Crippen LogP contribution in [-0.2, 0) is 42.7 Å². The van der Waals surface area contributed by atoms with E-state index in [2.05, 4.69) is 29.4 Å². The van der Waals surface area contributed by atoms with Crippen molar-refractivity contribution in [2.45, 2.75) is 170 Å². The lowest BCUT2D eigenvalue weighted by Crippen LogP contribution is -2.25. The highest BCUT2D eigenvalue weighted by molar-refractivity contribution is 5.65. The third-order valence-electron chi connectivity index (χ3n) is 5.01. The van der Waals surface area contributed by atoms with Gasteiger partial charge in [0.1, 0.15) is 24.9 Å². The highest BCUT2D eigenvalue weighted by Gasteiger charge is 2.13. The van der Waals surface area contributed by atoms with Crippen molar-refractivity contribution in [2.75, 3.05) is 66.1 Å². The third-order valence-corrected chi connectivity index (χ3v) is 5.01. The van der Waals surface area contributed by atoms with E-state index >= 15 is 0 Å². The van der Waals surface area contributed by atoms with E-state index in [-0.39, 0.29) is 53.8 Å². The van der Waals surface area contributed by atoms with Crippen LogP contribution in [0.1, 0.15) is 124 Å². The van der Waals surface area contributed by atoms with Gasteiger partial charge in [-0.2, -0.15) is 0 Å². The molecule has 0 bridgehead atoms. The van der Waals surface area contributed by atoms with Crippen molar-refractivity contribution in [3.8, 4) is 37.0 Å². The minimum absolute atomic E-state index is 0.0674. The second kappa shape index (κ2) is 35.0. The minimum Gasteiger partial charge on any atom is -0.463 e. The zero-order valence-corrected chi connectivity index (χ0v) is 37.8. The number of ether oxygens (including phenoxy) is 8. The Morgan fingerprint density at radius 3 is 0.964 bits per heavy atom. The van der Waals surface area contributed by atoms with E-state index in [0.717, 1.165) is 13.0 Å². The maximum Gasteiger partial charge on any atom is 0.302 e. The average Bonchev–Trinajstić information content (AvgIpc) is 3.03. The quantitative estimate of drug-likeness (QED) is 0.0902. The van der Waals surface area contributed by atoms with Crippen LogP contribution in [0.15, 0.2) is 0 Å². The first kappa shape index (κ1) is 62.0. The minimum atomic E-state index is -0.778. The first-order valence-corrected chi connectivity index (χ1v) is 18.8. The van der Waals surface area contributed by atoms with E-state index in [4.69, 9.17) is 67.7 Å². The van der Waals surface area contributed by atoms with Gasteiger partial charge in [-0.15, -0.1) is 19.3 Å². The van der Waals surface area contributed by atoms with Crippen LogP contribution in [0.25, 0.3) is 0 Å². The molecule has 0 aliphatic carbocycles. The van der Waals surface area contributed by atoms with E-state index in [1.165, 1.54) is 6.92 Å². The van der Waals surface area contributed by atoms with E-state index in [0.29, 0.717) is 39.6 Å². The maximum absolute atomic E-state index is 10.3. The Morgan fingerprint density at radius 2 is 0.727 bits per heavy atom. The lowest BCUT2D eigenvalue weighted by atomic mass is 10.2. The van der Waals surface area contributed by atoms with E-state index in [1.807, 2.05) is 104 Å². The van der Waals surface area contributed by atoms with Crippen LogP contribution in [0.3, 0.4) is 0 Å². The predicted molar refractivity (Wildman–Crippen MR) is 222 cm³/mol. The molecule has 3 N–H and O–H groups in total. The lowest BCUT2D eigenvalue weighted by Gasteiger charge is -2.19. The summed E-state index contributed by atoms with van der Waals surface area (Å²) in [5, 5.41) is 26.6. The molecule has 55 heavy (non-hydrogen) atoms. The highest BCUT2D eigenvalue weighted by Crippen LogP contribution is 2.09. The third kappa shape index (κ3) is 77.1. The number of carbonyl (C=O) groups is 1. The largest absolute Gasteiger partial charge is 0.463 e. The summed E-state index contributed by atoms with van der Waals surface area (Å²) in [4.78, 5) is 10.3. The SMILES string of the molecule is C#CC(O)COC(C)(C)C.C#C[C@@H](O)COC(C)(C)C.C#C[C@H](O)COC(C)(C)C.CC(=O)OCCOC(C)(C)C.CCCOCCOCCOC(C)(C)C. The van der Waals surface area contributed by atoms with Crippen molar-refractivity contribution in [1.29, 1.82) is 0 Å². The number of aliphatic hydroxyl groups is 3. The standard InChI is InChI=1S/C11H24O3.C8H16O3.3C8H14O2/c1-5-6-12-7-8-13-9-10-14-11(2,3)4;1-7(9)10-5-6-11-8(2,3)4;3*1-5-7(9)6-10-8(2,3)4/h5-10H2,1-4H3;5-6H2,1-4H3;3*1,7,9H,6H2,2-4H3/t;;2*7-;/m..10./s1. The van der Waals surface area contributed by atoms with Crippen molar-refractivity contribution in [1.82, 2.24) is 0 Å². The van der Waals surface area contributed by atoms with Gasteiger partial charge in [0.05, 0.1) is 80.9 Å². The highest BCUT2D eigenvalue weighted by atomic mass is 16.6. The van der Waals surface area contributed by atoms with Crippen molar-refractivity contribution in [2.24, 2.45) is 0 Å². The molecule has 0 saturated carbocycles. The molecule has 0 saturated heterocycles. The molecule has 0 radical (unpaired) electrons. The van der Waals surface area contributed by atoms with E-state index < -0.39 is 18.3 Å². The molecule has 0 aliphatic heterocycles. The Bertz CT molecular complexity index is 923. The van der Waals surface area contributed by atoms with Gasteiger partial charge in [-0.1, -0.05) is 24.7 Å². The molecule has 0 amide bonds. The summed E-state index contributed by atoms with van der Waals surface area (Å²) in [5.41, 5.74) is -0.893. The fourth-order valence-electron chi connectivity index (χ4n) is 2.54. The number of esters is 1. The summed E-state index contributed by atoms with van der Waals surface area (Å²) in [7, 11) is 0. The summed E-state index contributed by atoms with van der Waals surface area (Å²) >= 11 is 0. The van der Waals surface area contributed by atoms with Gasteiger partial charge in [0.25, 0.3) is 0 Å². The molecule has 0 rings (SSSR count). The van der Waals surface area contributed by atoms with Gasteiger partial charge >= 0.3 is 5.97 Å². The summed E-state index contributed by atoms with van der Waals surface area (Å²) in [6, 6.07) is 0. The fourth-order valence-corrected chi connectivity index (χ4v) is 2.54. The number of rotatable bonds is 17. The van der Waals surface area contributed by atoms with Crippen molar-refractivity contribution in [3.63, 3.8) is 0 Å². The van der Waals surface area contributed by atoms with Crippen LogP contribution in [0.5, 0.6) is 0 Å². The Hall–Kier alpha value is -2.25. The Balaban J connectivity index is -0.000000191. The van der Waals surface area contributed by atoms with E-state index in [9.17, 15) is 4.79 Å². The number of terminal acetylenes is 3. The van der Waals surface area contributed by atoms with Gasteiger partial charge in [0, 0.05) is 13.5 Å². The Morgan fingerprint density at radius 1 is 0.473 bits per heavy atom. The molecule has 0 aromatic rings. The maximum atomic E-state index is 10.3. The van der Waals surface area contributed by atoms with Crippen LogP contribution in [0, 0.1) is 37.0 Å². The molecule has 326 valence electrons. The zero-order valence-electron chi connectivity index (χ0n) is 37.8. The molecule has 0 aliphatic rings. The summed E-state index contributed by atoms with van der Waals surface area (Å²) in [6.07, 6.45) is 13.5. The number of hydrogen-bond acceptors (Lipinski definition) is 12. The first-order chi connectivity index (χ1) is 24.8. The molecular weight excluding hydrogens is 708 g/mol. The van der Waals surface area contributed by atoms with Gasteiger partial charge in [-0.05, 0) is 110 Å². The number of carbonyl (C=O) groups excluding carboxylic acids is 1. The van der Waals surface area contributed by atoms with Crippen molar-refractivity contribution < 1.29 is 58.0 Å². The second-order valence-electron chi connectivity index (χ2n) is 16.8. The zero-order chi connectivity index (χ0) is 44.4. The molecule has 0 fully saturated rings. The Labute approximate surface area is 337 Å². The van der Waals surface area contributed by atoms with Crippen molar-refractivity contribution in [3.05, 3.63) is 0 Å². The Kier molecular flexibility index (Phi) is 39.4. The molecule has 0 heterocycles. The van der Waals surface area contributed by atoms with Gasteiger partial charge in [-0.3, -0.25) is 4.79 Å². The molecule has 1 unspecified atom stereocenters. The molecular formula is C43H82O12. The molecule has 0 spiro atoms. The number of hydrogen-bond donors (Lipinski definition) is 3. The summed E-state index contributed by atoms with van der Waals surface area (Å²) in [6.45, 7) is 37.6. The summed E-state index contributed by atoms with van der Waals surface area (Å²) < 4.78 is 41.6. The van der Waals surface area contributed by atoms with Gasteiger partial charge < -0.3 is 53.2 Å². The van der Waals surface area contributed by atoms with Gasteiger partial charge in [0.15, 0.2) is 0 Å². The summed E-state index contributed by atoms with van der Waals surface area (Å²) in [5.74, 6) is 6.24. The van der Waals surface area contributed by atoms with Crippen LogP contribution >= 0.6 is 0 Å². The predicted octanol–water partition coefficient (Wildman–Crippen LogP) is 6.00. The van der Waals surface area contributed by atoms with Gasteiger partial charge in [-0.25, -0.2) is 0 Å². The monoisotopic (exact) mass is 791 g/mol. The molecule has 0 aromatic carbocycles. The topological polar surface area (TPSA) is 152 Å². The first-order valence-electron chi connectivity index (χ1n) is 18.8. The average molecular weight is 791 g/mol.